The Kier molecular flexibility index (Phi) is 9.77. The van der Waals surface area contributed by atoms with Crippen LogP contribution < -0.4 is 29.7 Å². The normalized spacial score (nSPS) is 12.9. The predicted octanol–water partition coefficient (Wildman–Crippen LogP) is 3.57. The third-order valence-corrected chi connectivity index (χ3v) is 4.99. The SMILES string of the molecule is CN=C(NCc1ccc(N2CC=CC2)cc1)NCc1cc(OC)c(OC)c(OC)c1.I. The second kappa shape index (κ2) is 12.3. The summed E-state index contributed by atoms with van der Waals surface area (Å²) in [5, 5.41) is 6.67. The van der Waals surface area contributed by atoms with Gasteiger partial charge >= 0.3 is 0 Å². The van der Waals surface area contributed by atoms with Crippen LogP contribution in [0.25, 0.3) is 0 Å². The summed E-state index contributed by atoms with van der Waals surface area (Å²) >= 11 is 0. The Morgan fingerprint density at radius 1 is 0.871 bits per heavy atom. The molecule has 8 heteroatoms. The number of anilines is 1. The third-order valence-electron chi connectivity index (χ3n) is 4.99. The Hall–Kier alpha value is -2.62. The first kappa shape index (κ1) is 24.6. The fourth-order valence-corrected chi connectivity index (χ4v) is 3.34. The summed E-state index contributed by atoms with van der Waals surface area (Å²) in [6, 6.07) is 12.5. The van der Waals surface area contributed by atoms with Crippen molar-refractivity contribution < 1.29 is 14.2 Å². The first-order chi connectivity index (χ1) is 14.7. The molecule has 3 rings (SSSR count). The molecule has 1 heterocycles. The molecule has 0 unspecified atom stereocenters. The van der Waals surface area contributed by atoms with Crippen LogP contribution in [0.15, 0.2) is 53.5 Å². The molecule has 0 saturated carbocycles. The molecule has 0 fully saturated rings. The maximum Gasteiger partial charge on any atom is 0.203 e. The van der Waals surface area contributed by atoms with E-state index >= 15 is 0 Å². The minimum atomic E-state index is 0. The average molecular weight is 538 g/mol. The Labute approximate surface area is 201 Å². The molecule has 0 saturated heterocycles. The monoisotopic (exact) mass is 538 g/mol. The van der Waals surface area contributed by atoms with Gasteiger partial charge in [-0.15, -0.1) is 24.0 Å². The molecule has 1 aliphatic rings. The number of hydrogen-bond acceptors (Lipinski definition) is 5. The largest absolute Gasteiger partial charge is 0.493 e. The summed E-state index contributed by atoms with van der Waals surface area (Å²) in [4.78, 5) is 6.64. The summed E-state index contributed by atoms with van der Waals surface area (Å²) in [5.74, 6) is 2.56. The lowest BCUT2D eigenvalue weighted by Crippen LogP contribution is -2.36. The second-order valence-corrected chi connectivity index (χ2v) is 6.86. The van der Waals surface area contributed by atoms with Gasteiger partial charge in [0.05, 0.1) is 21.3 Å². The first-order valence-corrected chi connectivity index (χ1v) is 9.90. The molecule has 2 aromatic rings. The second-order valence-electron chi connectivity index (χ2n) is 6.86. The highest BCUT2D eigenvalue weighted by atomic mass is 127. The van der Waals surface area contributed by atoms with Gasteiger partial charge in [0.25, 0.3) is 0 Å². The number of guanidine groups is 1. The number of aliphatic imine (C=N–C) groups is 1. The van der Waals surface area contributed by atoms with Gasteiger partial charge in [0.2, 0.25) is 5.75 Å². The lowest BCUT2D eigenvalue weighted by molar-refractivity contribution is 0.323. The van der Waals surface area contributed by atoms with Crippen LogP contribution in [-0.2, 0) is 13.1 Å². The zero-order chi connectivity index (χ0) is 21.3. The minimum absolute atomic E-state index is 0. The molecule has 0 aromatic heterocycles. The summed E-state index contributed by atoms with van der Waals surface area (Å²) < 4.78 is 16.2. The number of hydrogen-bond donors (Lipinski definition) is 2. The van der Waals surface area contributed by atoms with Gasteiger partial charge in [-0.25, -0.2) is 0 Å². The van der Waals surface area contributed by atoms with E-state index in [0.717, 1.165) is 24.6 Å². The molecule has 0 bridgehead atoms. The smallest absolute Gasteiger partial charge is 0.203 e. The first-order valence-electron chi connectivity index (χ1n) is 9.90. The highest BCUT2D eigenvalue weighted by Gasteiger charge is 2.13. The van der Waals surface area contributed by atoms with Gasteiger partial charge in [-0.3, -0.25) is 4.99 Å². The molecule has 2 N–H and O–H groups in total. The summed E-state index contributed by atoms with van der Waals surface area (Å²) in [7, 11) is 6.58. The number of nitrogens with zero attached hydrogens (tertiary/aromatic N) is 2. The van der Waals surface area contributed by atoms with Crippen LogP contribution in [0.1, 0.15) is 11.1 Å². The fraction of sp³-hybridized carbons (Fsp3) is 0.348. The molecule has 168 valence electrons. The van der Waals surface area contributed by atoms with Crippen molar-refractivity contribution in [3.63, 3.8) is 0 Å². The molecule has 2 aromatic carbocycles. The number of rotatable bonds is 8. The zero-order valence-corrected chi connectivity index (χ0v) is 20.8. The lowest BCUT2D eigenvalue weighted by Gasteiger charge is -2.18. The molecular formula is C23H31IN4O3. The van der Waals surface area contributed by atoms with E-state index in [-0.39, 0.29) is 24.0 Å². The van der Waals surface area contributed by atoms with Crippen LogP contribution >= 0.6 is 24.0 Å². The van der Waals surface area contributed by atoms with Crippen molar-refractivity contribution in [3.05, 3.63) is 59.7 Å². The fourth-order valence-electron chi connectivity index (χ4n) is 3.34. The maximum absolute atomic E-state index is 5.42. The van der Waals surface area contributed by atoms with Gasteiger partial charge in [-0.05, 0) is 35.4 Å². The molecular weight excluding hydrogens is 507 g/mol. The van der Waals surface area contributed by atoms with Crippen molar-refractivity contribution in [2.75, 3.05) is 46.4 Å². The molecule has 31 heavy (non-hydrogen) atoms. The van der Waals surface area contributed by atoms with Crippen molar-refractivity contribution in [2.24, 2.45) is 4.99 Å². The minimum Gasteiger partial charge on any atom is -0.493 e. The van der Waals surface area contributed by atoms with E-state index < -0.39 is 0 Å². The standard InChI is InChI=1S/C23H30N4O3.HI/c1-24-23(25-15-17-7-9-19(10-8-17)27-11-5-6-12-27)26-16-18-13-20(28-2)22(30-4)21(14-18)29-3;/h5-10,13-14H,11-12,15-16H2,1-4H3,(H2,24,25,26);1H. The highest BCUT2D eigenvalue weighted by Crippen LogP contribution is 2.38. The van der Waals surface area contributed by atoms with Crippen molar-refractivity contribution in [2.45, 2.75) is 13.1 Å². The van der Waals surface area contributed by atoms with Crippen LogP contribution in [-0.4, -0.2) is 47.4 Å². The number of methoxy groups -OCH3 is 3. The molecule has 1 aliphatic heterocycles. The zero-order valence-electron chi connectivity index (χ0n) is 18.5. The Morgan fingerprint density at radius 2 is 1.42 bits per heavy atom. The van der Waals surface area contributed by atoms with Gasteiger partial charge in [0.1, 0.15) is 0 Å². The van der Waals surface area contributed by atoms with Crippen molar-refractivity contribution in [3.8, 4) is 17.2 Å². The Balaban J connectivity index is 0.00000341. The van der Waals surface area contributed by atoms with Crippen LogP contribution in [0, 0.1) is 0 Å². The van der Waals surface area contributed by atoms with E-state index in [4.69, 9.17) is 14.2 Å². The van der Waals surface area contributed by atoms with Gasteiger partial charge in [0.15, 0.2) is 17.5 Å². The van der Waals surface area contributed by atoms with E-state index in [1.807, 2.05) is 12.1 Å². The van der Waals surface area contributed by atoms with Gasteiger partial charge < -0.3 is 29.7 Å². The van der Waals surface area contributed by atoms with Crippen molar-refractivity contribution >= 4 is 35.6 Å². The molecule has 7 nitrogen and oxygen atoms in total. The maximum atomic E-state index is 5.42. The molecule has 0 atom stereocenters. The van der Waals surface area contributed by atoms with E-state index in [2.05, 4.69) is 56.9 Å². The lowest BCUT2D eigenvalue weighted by atomic mass is 10.1. The molecule has 0 aliphatic carbocycles. The van der Waals surface area contributed by atoms with E-state index in [1.54, 1.807) is 28.4 Å². The van der Waals surface area contributed by atoms with Gasteiger partial charge in [-0.1, -0.05) is 24.3 Å². The van der Waals surface area contributed by atoms with Crippen LogP contribution in [0.2, 0.25) is 0 Å². The molecule has 0 radical (unpaired) electrons. The van der Waals surface area contributed by atoms with E-state index in [0.29, 0.717) is 30.3 Å². The van der Waals surface area contributed by atoms with Crippen molar-refractivity contribution in [1.29, 1.82) is 0 Å². The highest BCUT2D eigenvalue weighted by molar-refractivity contribution is 14.0. The van der Waals surface area contributed by atoms with Gasteiger partial charge in [-0.2, -0.15) is 0 Å². The van der Waals surface area contributed by atoms with Crippen LogP contribution in [0.3, 0.4) is 0 Å². The van der Waals surface area contributed by atoms with Crippen LogP contribution in [0.5, 0.6) is 17.2 Å². The quantitative estimate of drug-likeness (QED) is 0.232. The summed E-state index contributed by atoms with van der Waals surface area (Å²) in [6.45, 7) is 3.22. The summed E-state index contributed by atoms with van der Waals surface area (Å²) in [5.41, 5.74) is 3.44. The number of ether oxygens (including phenoxy) is 3. The molecule has 0 spiro atoms. The number of benzene rings is 2. The number of nitrogens with one attached hydrogen (secondary N) is 2. The van der Waals surface area contributed by atoms with E-state index in [9.17, 15) is 0 Å². The van der Waals surface area contributed by atoms with Crippen molar-refractivity contribution in [1.82, 2.24) is 10.6 Å². The Bertz CT molecular complexity index is 867. The van der Waals surface area contributed by atoms with Gasteiger partial charge in [0, 0.05) is 38.9 Å². The number of halogens is 1. The average Bonchev–Trinajstić information content (AvgIpc) is 3.33. The van der Waals surface area contributed by atoms with E-state index in [1.165, 1.54) is 11.3 Å². The van der Waals surface area contributed by atoms with Crippen LogP contribution in [0.4, 0.5) is 5.69 Å². The Morgan fingerprint density at radius 3 is 1.90 bits per heavy atom. The topological polar surface area (TPSA) is 67.4 Å². The molecule has 0 amide bonds. The summed E-state index contributed by atoms with van der Waals surface area (Å²) in [6.07, 6.45) is 4.39. The predicted molar refractivity (Wildman–Crippen MR) is 136 cm³/mol. The third kappa shape index (κ3) is 6.43.